The van der Waals surface area contributed by atoms with Gasteiger partial charge < -0.3 is 4.90 Å². The zero-order valence-electron chi connectivity index (χ0n) is 20.0. The molecule has 2 amide bonds. The molecule has 0 radical (unpaired) electrons. The maximum atomic E-state index is 14.1. The van der Waals surface area contributed by atoms with E-state index in [0.717, 1.165) is 19.1 Å². The number of nitriles is 1. The van der Waals surface area contributed by atoms with Gasteiger partial charge in [0.15, 0.2) is 6.61 Å². The first kappa shape index (κ1) is 27.4. The highest BCUT2D eigenvalue weighted by Gasteiger charge is 2.49. The van der Waals surface area contributed by atoms with Gasteiger partial charge in [0.1, 0.15) is 0 Å². The highest BCUT2D eigenvalue weighted by atomic mass is 35.5. The lowest BCUT2D eigenvalue weighted by molar-refractivity contribution is -0.136. The van der Waals surface area contributed by atoms with E-state index in [-0.39, 0.29) is 17.5 Å². The molecule has 1 fully saturated rings. The Morgan fingerprint density at radius 1 is 1.16 bits per heavy atom. The van der Waals surface area contributed by atoms with Crippen molar-refractivity contribution in [1.29, 1.82) is 5.26 Å². The second-order valence-electron chi connectivity index (χ2n) is 9.15. The molecule has 4 atom stereocenters. The van der Waals surface area contributed by atoms with Crippen LogP contribution in [0.15, 0.2) is 42.5 Å². The van der Waals surface area contributed by atoms with Crippen molar-refractivity contribution < 1.29 is 22.8 Å². The molecule has 4 rings (SSSR count). The van der Waals surface area contributed by atoms with Gasteiger partial charge in [0, 0.05) is 27.7 Å². The van der Waals surface area contributed by atoms with Gasteiger partial charge in [-0.05, 0) is 42.2 Å². The van der Waals surface area contributed by atoms with E-state index < -0.39 is 40.0 Å². The van der Waals surface area contributed by atoms with E-state index in [4.69, 9.17) is 33.3 Å². The van der Waals surface area contributed by atoms with Crippen molar-refractivity contribution in [1.82, 2.24) is 15.1 Å². The van der Waals surface area contributed by atoms with Gasteiger partial charge in [-0.1, -0.05) is 60.3 Å². The Hall–Kier alpha value is -2.68. The van der Waals surface area contributed by atoms with Crippen LogP contribution in [-0.2, 0) is 19.7 Å². The van der Waals surface area contributed by atoms with E-state index in [2.05, 4.69) is 10.2 Å². The Balaban J connectivity index is 1.91. The molecule has 2 aromatic carbocycles. The normalized spacial score (nSPS) is 23.7. The quantitative estimate of drug-likeness (QED) is 0.389. The Morgan fingerprint density at radius 2 is 1.89 bits per heavy atom. The summed E-state index contributed by atoms with van der Waals surface area (Å²) < 4.78 is 27.1. The molecule has 2 aliphatic rings. The van der Waals surface area contributed by atoms with Crippen LogP contribution in [0, 0.1) is 11.3 Å². The Bertz CT molecular complexity index is 1350. The van der Waals surface area contributed by atoms with Gasteiger partial charge in [-0.2, -0.15) is 5.26 Å². The van der Waals surface area contributed by atoms with Crippen LogP contribution in [0.5, 0.6) is 0 Å². The number of hydrogen-bond acceptors (Lipinski definition) is 6. The number of carbonyl (C=O) groups is 2. The number of hydroxylamine groups is 1. The van der Waals surface area contributed by atoms with Crippen LogP contribution in [-0.4, -0.2) is 50.1 Å². The summed E-state index contributed by atoms with van der Waals surface area (Å²) >= 11 is 12.8. The fraction of sp³-hybridized carbons (Fsp3) is 0.400. The first-order valence-electron chi connectivity index (χ1n) is 11.7. The van der Waals surface area contributed by atoms with E-state index in [1.807, 2.05) is 0 Å². The topological polar surface area (TPSA) is 129 Å². The largest absolute Gasteiger partial charge is 0.326 e. The van der Waals surface area contributed by atoms with Crippen LogP contribution in [0.3, 0.4) is 0 Å². The second-order valence-corrected chi connectivity index (χ2v) is 11.8. The van der Waals surface area contributed by atoms with Crippen molar-refractivity contribution in [3.05, 3.63) is 69.2 Å². The van der Waals surface area contributed by atoms with Gasteiger partial charge in [0.05, 0.1) is 24.3 Å². The molecule has 1 aliphatic carbocycles. The minimum Gasteiger partial charge on any atom is -0.326 e. The summed E-state index contributed by atoms with van der Waals surface area (Å²) in [6, 6.07) is 11.4. The molecule has 0 spiro atoms. The minimum absolute atomic E-state index is 0.258. The van der Waals surface area contributed by atoms with E-state index in [1.54, 1.807) is 47.4 Å². The lowest BCUT2D eigenvalue weighted by atomic mass is 9.76. The fourth-order valence-corrected chi connectivity index (χ4v) is 6.68. The lowest BCUT2D eigenvalue weighted by Crippen LogP contribution is -2.59. The van der Waals surface area contributed by atoms with Crippen LogP contribution in [0.2, 0.25) is 10.0 Å². The Kier molecular flexibility index (Phi) is 8.41. The van der Waals surface area contributed by atoms with E-state index in [0.29, 0.717) is 34.6 Å². The van der Waals surface area contributed by atoms with Gasteiger partial charge in [-0.15, -0.1) is 0 Å². The van der Waals surface area contributed by atoms with Crippen molar-refractivity contribution >= 4 is 45.0 Å². The number of hydrogen-bond donors (Lipinski definition) is 2. The van der Waals surface area contributed by atoms with Crippen molar-refractivity contribution in [2.24, 2.45) is 0 Å². The summed E-state index contributed by atoms with van der Waals surface area (Å²) in [6.07, 6.45) is 3.72. The average Bonchev–Trinajstić information content (AvgIpc) is 2.84. The van der Waals surface area contributed by atoms with Crippen LogP contribution in [0.4, 0.5) is 0 Å². The van der Waals surface area contributed by atoms with Crippen molar-refractivity contribution in [3.8, 4) is 6.07 Å². The SMILES string of the molecule is CS(=O)(=O)N[C@H]1CCCCC1N1C(=O)c2ccccc2[C@@H](C(=O)NOCC#N)[C@@H]1c1ccc(Cl)cc1Cl. The maximum Gasteiger partial charge on any atom is 0.255 e. The van der Waals surface area contributed by atoms with Gasteiger partial charge in [-0.25, -0.2) is 18.6 Å². The molecule has 1 saturated carbocycles. The summed E-state index contributed by atoms with van der Waals surface area (Å²) in [6.45, 7) is -0.363. The molecule has 0 bridgehead atoms. The number of nitrogens with one attached hydrogen (secondary N) is 2. The lowest BCUT2D eigenvalue weighted by Gasteiger charge is -2.49. The number of sulfonamides is 1. The number of carbonyl (C=O) groups excluding carboxylic acids is 2. The first-order chi connectivity index (χ1) is 17.6. The first-order valence-corrected chi connectivity index (χ1v) is 14.4. The highest BCUT2D eigenvalue weighted by Crippen LogP contribution is 2.47. The van der Waals surface area contributed by atoms with Gasteiger partial charge in [0.25, 0.3) is 11.8 Å². The van der Waals surface area contributed by atoms with Crippen molar-refractivity contribution in [2.75, 3.05) is 12.9 Å². The number of rotatable bonds is 7. The predicted octanol–water partition coefficient (Wildman–Crippen LogP) is 3.71. The Labute approximate surface area is 225 Å². The van der Waals surface area contributed by atoms with Crippen LogP contribution >= 0.6 is 23.2 Å². The molecule has 9 nitrogen and oxygen atoms in total. The molecule has 0 aromatic heterocycles. The smallest absolute Gasteiger partial charge is 0.255 e. The van der Waals surface area contributed by atoms with Crippen LogP contribution in [0.25, 0.3) is 0 Å². The third-order valence-electron chi connectivity index (χ3n) is 6.70. The zero-order chi connectivity index (χ0) is 26.7. The standard InChI is InChI=1S/C25H26Cl2N4O5S/c1-37(34,35)30-20-8-4-5-9-21(20)31-23(18-11-10-15(26)14-19(18)27)22(24(32)29-36-13-12-28)16-6-2-3-7-17(16)25(31)33/h2-3,6-7,10-11,14,20-23,30H,4-5,8-9,13H2,1H3,(H,29,32)/t20-,21?,22+,23-/m0/s1. The van der Waals surface area contributed by atoms with E-state index >= 15 is 0 Å². The molecular formula is C25H26Cl2N4O5S. The summed E-state index contributed by atoms with van der Waals surface area (Å²) in [5.41, 5.74) is 3.62. The Morgan fingerprint density at radius 3 is 2.59 bits per heavy atom. The third-order valence-corrected chi connectivity index (χ3v) is 7.99. The number of benzene rings is 2. The summed E-state index contributed by atoms with van der Waals surface area (Å²) in [5, 5.41) is 9.49. The molecule has 1 aliphatic heterocycles. The molecule has 12 heteroatoms. The van der Waals surface area contributed by atoms with Crippen molar-refractivity contribution in [2.45, 2.75) is 49.7 Å². The molecule has 37 heavy (non-hydrogen) atoms. The number of halogens is 2. The molecule has 2 aromatic rings. The summed E-state index contributed by atoms with van der Waals surface area (Å²) in [4.78, 5) is 34.3. The van der Waals surface area contributed by atoms with E-state index in [1.165, 1.54) is 6.07 Å². The van der Waals surface area contributed by atoms with Crippen molar-refractivity contribution in [3.63, 3.8) is 0 Å². The molecule has 196 valence electrons. The molecule has 1 heterocycles. The van der Waals surface area contributed by atoms with Crippen LogP contribution in [0.1, 0.15) is 59.1 Å². The zero-order valence-corrected chi connectivity index (χ0v) is 22.3. The van der Waals surface area contributed by atoms with E-state index in [9.17, 15) is 18.0 Å². The number of fused-ring (bicyclic) bond motifs is 1. The third kappa shape index (κ3) is 5.92. The number of amides is 2. The maximum absolute atomic E-state index is 14.1. The minimum atomic E-state index is -3.58. The average molecular weight is 565 g/mol. The summed E-state index contributed by atoms with van der Waals surface area (Å²) in [7, 11) is -3.58. The summed E-state index contributed by atoms with van der Waals surface area (Å²) in [5.74, 6) is -1.87. The van der Waals surface area contributed by atoms with Gasteiger partial charge >= 0.3 is 0 Å². The predicted molar refractivity (Wildman–Crippen MR) is 138 cm³/mol. The van der Waals surface area contributed by atoms with Gasteiger partial charge in [0.2, 0.25) is 10.0 Å². The highest BCUT2D eigenvalue weighted by molar-refractivity contribution is 7.88. The molecular weight excluding hydrogens is 539 g/mol. The second kappa shape index (κ2) is 11.4. The van der Waals surface area contributed by atoms with Gasteiger partial charge in [-0.3, -0.25) is 14.4 Å². The fourth-order valence-electron chi connectivity index (χ4n) is 5.33. The van der Waals surface area contributed by atoms with Crippen LogP contribution < -0.4 is 10.2 Å². The number of nitrogens with zero attached hydrogens (tertiary/aromatic N) is 2. The molecule has 2 N–H and O–H groups in total. The molecule has 1 unspecified atom stereocenters. The molecule has 0 saturated heterocycles. The monoisotopic (exact) mass is 564 g/mol.